The first-order chi connectivity index (χ1) is 17.0. The smallest absolute Gasteiger partial charge is 0.270 e. The van der Waals surface area contributed by atoms with Crippen LogP contribution in [-0.2, 0) is 10.2 Å². The van der Waals surface area contributed by atoms with Gasteiger partial charge in [0.1, 0.15) is 12.4 Å². The van der Waals surface area contributed by atoms with Crippen molar-refractivity contribution in [1.82, 2.24) is 14.7 Å². The first-order valence-electron chi connectivity index (χ1n) is 11.7. The molecule has 0 aliphatic rings. The molecule has 0 spiro atoms. The lowest BCUT2D eigenvalue weighted by molar-refractivity contribution is -0.384. The number of unbranched alkanes of at least 4 members (excludes halogenated alkanes) is 1. The number of amides is 2. The first kappa shape index (κ1) is 26.9. The number of rotatable bonds is 9. The van der Waals surface area contributed by atoms with E-state index in [0.29, 0.717) is 29.5 Å². The molecule has 1 aromatic heterocycles. The molecule has 2 amide bonds. The molecule has 0 aliphatic carbocycles. The predicted molar refractivity (Wildman–Crippen MR) is 140 cm³/mol. The molecule has 0 aliphatic heterocycles. The second-order valence-corrected chi connectivity index (χ2v) is 9.87. The normalized spacial score (nSPS) is 11.2. The van der Waals surface area contributed by atoms with Crippen molar-refractivity contribution in [3.05, 3.63) is 81.0 Å². The van der Waals surface area contributed by atoms with Gasteiger partial charge in [-0.1, -0.05) is 63.9 Å². The molecule has 36 heavy (non-hydrogen) atoms. The van der Waals surface area contributed by atoms with Gasteiger partial charge in [-0.2, -0.15) is 5.10 Å². The SMILES string of the molecule is CCCCN(CC(=O)Nc1cc(C(C)(C)C)nn1-c1ccccc1Cl)C(=O)c1cccc([N+](=O)[O-])c1. The van der Waals surface area contributed by atoms with Crippen molar-refractivity contribution in [2.45, 2.75) is 46.0 Å². The minimum Gasteiger partial charge on any atom is -0.329 e. The quantitative estimate of drug-likeness (QED) is 0.296. The average Bonchev–Trinajstić information content (AvgIpc) is 3.25. The van der Waals surface area contributed by atoms with Gasteiger partial charge >= 0.3 is 0 Å². The Kier molecular flexibility index (Phi) is 8.47. The van der Waals surface area contributed by atoms with Gasteiger partial charge in [0.25, 0.3) is 11.6 Å². The van der Waals surface area contributed by atoms with Gasteiger partial charge in [0.15, 0.2) is 0 Å². The Balaban J connectivity index is 1.88. The molecular formula is C26H30ClN5O4. The lowest BCUT2D eigenvalue weighted by Gasteiger charge is -2.22. The Morgan fingerprint density at radius 2 is 1.86 bits per heavy atom. The highest BCUT2D eigenvalue weighted by Crippen LogP contribution is 2.29. The molecular weight excluding hydrogens is 482 g/mol. The van der Waals surface area contributed by atoms with Crippen LogP contribution in [0, 0.1) is 10.1 Å². The molecule has 2 aromatic carbocycles. The molecule has 0 saturated heterocycles. The molecule has 3 rings (SSSR count). The third-order valence-corrected chi connectivity index (χ3v) is 5.85. The maximum absolute atomic E-state index is 13.2. The third-order valence-electron chi connectivity index (χ3n) is 5.53. The fourth-order valence-electron chi connectivity index (χ4n) is 3.54. The highest BCUT2D eigenvalue weighted by Gasteiger charge is 2.24. The highest BCUT2D eigenvalue weighted by atomic mass is 35.5. The second kappa shape index (κ2) is 11.3. The number of carbonyl (C=O) groups is 2. The number of nitro benzene ring substituents is 1. The summed E-state index contributed by atoms with van der Waals surface area (Å²) in [5.74, 6) is -0.438. The number of nitrogens with zero attached hydrogens (tertiary/aromatic N) is 4. The number of halogens is 1. The van der Waals surface area contributed by atoms with Crippen LogP contribution in [0.1, 0.15) is 56.6 Å². The molecule has 190 valence electrons. The summed E-state index contributed by atoms with van der Waals surface area (Å²) in [5, 5.41) is 19.2. The van der Waals surface area contributed by atoms with Crippen molar-refractivity contribution in [3.8, 4) is 5.69 Å². The van der Waals surface area contributed by atoms with Crippen LogP contribution in [0.15, 0.2) is 54.6 Å². The zero-order chi connectivity index (χ0) is 26.5. The van der Waals surface area contributed by atoms with Crippen molar-refractivity contribution in [2.24, 2.45) is 0 Å². The number of non-ortho nitro benzene ring substituents is 1. The number of nitrogens with one attached hydrogen (secondary N) is 1. The molecule has 1 heterocycles. The summed E-state index contributed by atoms with van der Waals surface area (Å²) in [7, 11) is 0. The standard InChI is InChI=1S/C26H30ClN5O4/c1-5-6-14-30(25(34)18-10-9-11-19(15-18)32(35)36)17-24(33)28-23-16-22(26(2,3)4)29-31(23)21-13-8-7-12-20(21)27/h7-13,15-16H,5-6,14,17H2,1-4H3,(H,28,33). The van der Waals surface area contributed by atoms with Gasteiger partial charge in [0.2, 0.25) is 5.91 Å². The molecule has 0 unspecified atom stereocenters. The topological polar surface area (TPSA) is 110 Å². The van der Waals surface area contributed by atoms with Crippen LogP contribution >= 0.6 is 11.6 Å². The number of para-hydroxylation sites is 1. The van der Waals surface area contributed by atoms with E-state index in [2.05, 4.69) is 10.4 Å². The van der Waals surface area contributed by atoms with Crippen molar-refractivity contribution in [2.75, 3.05) is 18.4 Å². The lowest BCUT2D eigenvalue weighted by Crippen LogP contribution is -2.39. The number of nitro groups is 1. The van der Waals surface area contributed by atoms with Gasteiger partial charge in [-0.05, 0) is 24.6 Å². The van der Waals surface area contributed by atoms with Gasteiger partial charge in [-0.3, -0.25) is 19.7 Å². The molecule has 9 nitrogen and oxygen atoms in total. The Morgan fingerprint density at radius 1 is 1.14 bits per heavy atom. The summed E-state index contributed by atoms with van der Waals surface area (Å²) in [4.78, 5) is 38.3. The van der Waals surface area contributed by atoms with Gasteiger partial charge in [0, 0.05) is 35.7 Å². The molecule has 3 aromatic rings. The van der Waals surface area contributed by atoms with Crippen LogP contribution in [0.2, 0.25) is 5.02 Å². The predicted octanol–water partition coefficient (Wildman–Crippen LogP) is 5.61. The minimum absolute atomic E-state index is 0.157. The number of hydrogen-bond acceptors (Lipinski definition) is 5. The zero-order valence-electron chi connectivity index (χ0n) is 20.8. The van der Waals surface area contributed by atoms with Crippen LogP contribution in [0.5, 0.6) is 0 Å². The molecule has 0 fully saturated rings. The summed E-state index contributed by atoms with van der Waals surface area (Å²) in [6.07, 6.45) is 1.49. The van der Waals surface area contributed by atoms with E-state index in [4.69, 9.17) is 11.6 Å². The summed E-state index contributed by atoms with van der Waals surface area (Å²) in [5.41, 5.74) is 1.06. The first-order valence-corrected chi connectivity index (χ1v) is 12.1. The van der Waals surface area contributed by atoms with Crippen molar-refractivity contribution >= 4 is 34.9 Å². The van der Waals surface area contributed by atoms with Crippen LogP contribution in [0.4, 0.5) is 11.5 Å². The minimum atomic E-state index is -0.553. The number of carbonyl (C=O) groups excluding carboxylic acids is 2. The van der Waals surface area contributed by atoms with Crippen molar-refractivity contribution < 1.29 is 14.5 Å². The molecule has 0 radical (unpaired) electrons. The highest BCUT2D eigenvalue weighted by molar-refractivity contribution is 6.32. The van der Waals surface area contributed by atoms with E-state index in [1.165, 1.54) is 29.2 Å². The maximum atomic E-state index is 13.2. The largest absolute Gasteiger partial charge is 0.329 e. The number of hydrogen-bond donors (Lipinski definition) is 1. The van der Waals surface area contributed by atoms with Crippen molar-refractivity contribution in [1.29, 1.82) is 0 Å². The fraction of sp³-hybridized carbons (Fsp3) is 0.346. The van der Waals surface area contributed by atoms with E-state index in [0.717, 1.165) is 12.1 Å². The van der Waals surface area contributed by atoms with Crippen molar-refractivity contribution in [3.63, 3.8) is 0 Å². The van der Waals surface area contributed by atoms with E-state index >= 15 is 0 Å². The van der Waals surface area contributed by atoms with Crippen LogP contribution in [-0.4, -0.2) is 44.5 Å². The van der Waals surface area contributed by atoms with Crippen LogP contribution in [0.25, 0.3) is 5.69 Å². The summed E-state index contributed by atoms with van der Waals surface area (Å²) < 4.78 is 1.58. The Hall–Kier alpha value is -3.72. The lowest BCUT2D eigenvalue weighted by atomic mass is 9.92. The summed E-state index contributed by atoms with van der Waals surface area (Å²) in [6, 6.07) is 14.5. The van der Waals surface area contributed by atoms with Gasteiger partial charge < -0.3 is 10.2 Å². The fourth-order valence-corrected chi connectivity index (χ4v) is 3.75. The van der Waals surface area contributed by atoms with Crippen LogP contribution in [0.3, 0.4) is 0 Å². The summed E-state index contributed by atoms with van der Waals surface area (Å²) in [6.45, 7) is 8.14. The Bertz CT molecular complexity index is 1270. The molecule has 0 saturated carbocycles. The van der Waals surface area contributed by atoms with Gasteiger partial charge in [0.05, 0.1) is 21.3 Å². The average molecular weight is 512 g/mol. The molecule has 0 atom stereocenters. The number of benzene rings is 2. The van der Waals surface area contributed by atoms with E-state index in [1.807, 2.05) is 39.8 Å². The molecule has 0 bridgehead atoms. The maximum Gasteiger partial charge on any atom is 0.270 e. The second-order valence-electron chi connectivity index (χ2n) is 9.46. The van der Waals surface area contributed by atoms with E-state index in [9.17, 15) is 19.7 Å². The third kappa shape index (κ3) is 6.48. The molecule has 10 heteroatoms. The number of aromatic nitrogens is 2. The van der Waals surface area contributed by atoms with E-state index in [-0.39, 0.29) is 23.2 Å². The Morgan fingerprint density at radius 3 is 2.50 bits per heavy atom. The van der Waals surface area contributed by atoms with Gasteiger partial charge in [-0.25, -0.2) is 4.68 Å². The zero-order valence-corrected chi connectivity index (χ0v) is 21.6. The molecule has 1 N–H and O–H groups in total. The Labute approximate surface area is 215 Å². The van der Waals surface area contributed by atoms with E-state index in [1.54, 1.807) is 22.9 Å². The van der Waals surface area contributed by atoms with Crippen LogP contribution < -0.4 is 5.32 Å². The number of anilines is 1. The monoisotopic (exact) mass is 511 g/mol. The van der Waals surface area contributed by atoms with Gasteiger partial charge in [-0.15, -0.1) is 0 Å². The summed E-state index contributed by atoms with van der Waals surface area (Å²) >= 11 is 6.40. The van der Waals surface area contributed by atoms with E-state index < -0.39 is 16.7 Å².